The maximum absolute atomic E-state index is 5.68. The van der Waals surface area contributed by atoms with Crippen molar-refractivity contribution < 1.29 is 0 Å². The molecule has 0 bridgehead atoms. The Bertz CT molecular complexity index is 198. The first-order valence-electron chi connectivity index (χ1n) is 2.64. The third kappa shape index (κ3) is 1.42. The molecule has 1 rings (SSSR count). The van der Waals surface area contributed by atoms with Crippen molar-refractivity contribution in [2.75, 3.05) is 0 Å². The Morgan fingerprint density at radius 1 is 1.67 bits per heavy atom. The third-order valence-electron chi connectivity index (χ3n) is 1.03. The van der Waals surface area contributed by atoms with Gasteiger partial charge in [-0.05, 0) is 25.5 Å². The van der Waals surface area contributed by atoms with Gasteiger partial charge in [0.2, 0.25) is 0 Å². The summed E-state index contributed by atoms with van der Waals surface area (Å²) < 4.78 is 0. The summed E-state index contributed by atoms with van der Waals surface area (Å²) in [6, 6.07) is 3.55. The lowest BCUT2D eigenvalue weighted by Gasteiger charge is -1.94. The van der Waals surface area contributed by atoms with E-state index in [2.05, 4.69) is 4.98 Å². The first kappa shape index (κ1) is 6.56. The van der Waals surface area contributed by atoms with Crippen LogP contribution in [0.3, 0.4) is 0 Å². The van der Waals surface area contributed by atoms with Crippen LogP contribution in [0.2, 0.25) is 5.02 Å². The van der Waals surface area contributed by atoms with Gasteiger partial charge in [-0.25, -0.2) is 0 Å². The standard InChI is InChI=1S/C7H6ClN/c1-2-7-6(8)4-3-5-9-7/h1,3-5H,2H2. The molecule has 1 heterocycles. The smallest absolute Gasteiger partial charge is 0.0621 e. The molecule has 0 N–H and O–H groups in total. The largest absolute Gasteiger partial charge is 0.260 e. The van der Waals surface area contributed by atoms with Gasteiger partial charge in [-0.2, -0.15) is 0 Å². The van der Waals surface area contributed by atoms with Crippen LogP contribution in [-0.4, -0.2) is 4.98 Å². The minimum atomic E-state index is 0.402. The molecule has 0 saturated heterocycles. The Morgan fingerprint density at radius 3 is 2.89 bits per heavy atom. The minimum Gasteiger partial charge on any atom is -0.260 e. The lowest BCUT2D eigenvalue weighted by Crippen LogP contribution is -1.85. The fourth-order valence-corrected chi connectivity index (χ4v) is 0.767. The maximum Gasteiger partial charge on any atom is 0.0621 e. The third-order valence-corrected chi connectivity index (χ3v) is 1.37. The highest BCUT2D eigenvalue weighted by Gasteiger charge is 1.93. The molecular formula is C7H6ClN. The molecule has 1 aromatic rings. The van der Waals surface area contributed by atoms with Crippen LogP contribution >= 0.6 is 11.6 Å². The van der Waals surface area contributed by atoms with Crippen molar-refractivity contribution in [2.45, 2.75) is 6.42 Å². The van der Waals surface area contributed by atoms with Crippen molar-refractivity contribution in [2.24, 2.45) is 0 Å². The second kappa shape index (κ2) is 2.83. The van der Waals surface area contributed by atoms with Gasteiger partial charge in [0.05, 0.1) is 10.7 Å². The molecule has 1 aromatic heterocycles. The van der Waals surface area contributed by atoms with Crippen LogP contribution < -0.4 is 0 Å². The van der Waals surface area contributed by atoms with E-state index in [1.165, 1.54) is 0 Å². The highest BCUT2D eigenvalue weighted by Crippen LogP contribution is 2.11. The van der Waals surface area contributed by atoms with Crippen LogP contribution in [-0.2, 0) is 6.42 Å². The first-order chi connectivity index (χ1) is 4.34. The lowest BCUT2D eigenvalue weighted by atomic mass is 10.3. The molecule has 0 aliphatic rings. The summed E-state index contributed by atoms with van der Waals surface area (Å²) >= 11 is 5.68. The van der Waals surface area contributed by atoms with Crippen molar-refractivity contribution in [1.29, 1.82) is 0 Å². The molecule has 0 spiro atoms. The average molecular weight is 140 g/mol. The van der Waals surface area contributed by atoms with Crippen LogP contribution in [0.4, 0.5) is 0 Å². The fourth-order valence-electron chi connectivity index (χ4n) is 0.569. The van der Waals surface area contributed by atoms with Gasteiger partial charge in [0.1, 0.15) is 0 Å². The summed E-state index contributed by atoms with van der Waals surface area (Å²) in [5.74, 6) is 0. The van der Waals surface area contributed by atoms with E-state index in [1.54, 1.807) is 18.3 Å². The quantitative estimate of drug-likeness (QED) is 0.580. The number of rotatable bonds is 1. The van der Waals surface area contributed by atoms with Gasteiger partial charge in [-0.3, -0.25) is 4.98 Å². The van der Waals surface area contributed by atoms with Crippen LogP contribution in [0.15, 0.2) is 18.3 Å². The highest BCUT2D eigenvalue weighted by molar-refractivity contribution is 6.31. The summed E-state index contributed by atoms with van der Waals surface area (Å²) in [7, 11) is 0. The molecule has 0 atom stereocenters. The van der Waals surface area contributed by atoms with Gasteiger partial charge >= 0.3 is 0 Å². The average Bonchev–Trinajstić information content (AvgIpc) is 1.89. The van der Waals surface area contributed by atoms with E-state index in [4.69, 9.17) is 18.5 Å². The Kier molecular flexibility index (Phi) is 2.06. The number of halogens is 1. The van der Waals surface area contributed by atoms with Crippen molar-refractivity contribution in [3.63, 3.8) is 0 Å². The fraction of sp³-hybridized carbons (Fsp3) is 0.143. The van der Waals surface area contributed by atoms with E-state index in [0.717, 1.165) is 5.69 Å². The number of nitrogens with zero attached hydrogens (tertiary/aromatic N) is 1. The Morgan fingerprint density at radius 2 is 2.44 bits per heavy atom. The van der Waals surface area contributed by atoms with E-state index in [9.17, 15) is 0 Å². The molecule has 0 aromatic carbocycles. The minimum absolute atomic E-state index is 0.402. The van der Waals surface area contributed by atoms with Crippen LogP contribution in [0.5, 0.6) is 0 Å². The van der Waals surface area contributed by atoms with Crippen molar-refractivity contribution >= 4 is 11.6 Å². The maximum atomic E-state index is 5.68. The molecule has 0 unspecified atom stereocenters. The molecule has 0 aliphatic carbocycles. The van der Waals surface area contributed by atoms with Crippen molar-refractivity contribution in [1.82, 2.24) is 4.98 Å². The summed E-state index contributed by atoms with van der Waals surface area (Å²) in [5, 5.41) is 0.639. The number of hydrogen-bond acceptors (Lipinski definition) is 1. The van der Waals surface area contributed by atoms with E-state index < -0.39 is 0 Å². The van der Waals surface area contributed by atoms with Gasteiger partial charge in [0.15, 0.2) is 0 Å². The molecule has 46 valence electrons. The predicted molar refractivity (Wildman–Crippen MR) is 37.3 cm³/mol. The van der Waals surface area contributed by atoms with Crippen molar-refractivity contribution in [3.05, 3.63) is 36.0 Å². The first-order valence-corrected chi connectivity index (χ1v) is 3.02. The van der Waals surface area contributed by atoms with Gasteiger partial charge < -0.3 is 0 Å². The zero-order valence-electron chi connectivity index (χ0n) is 4.84. The molecule has 0 amide bonds. The van der Waals surface area contributed by atoms with Gasteiger partial charge in [0.25, 0.3) is 0 Å². The SMILES string of the molecule is [CH]Cc1ncccc1Cl. The van der Waals surface area contributed by atoms with Gasteiger partial charge in [-0.1, -0.05) is 11.6 Å². The molecule has 2 radical (unpaired) electrons. The van der Waals surface area contributed by atoms with Crippen LogP contribution in [0.25, 0.3) is 0 Å². The molecule has 2 heteroatoms. The Balaban J connectivity index is 3.01. The second-order valence-electron chi connectivity index (χ2n) is 1.64. The molecular weight excluding hydrogens is 134 g/mol. The number of aromatic nitrogens is 1. The molecule has 0 aliphatic heterocycles. The zero-order valence-corrected chi connectivity index (χ0v) is 5.60. The van der Waals surface area contributed by atoms with Crippen molar-refractivity contribution in [3.8, 4) is 0 Å². The molecule has 0 saturated carbocycles. The van der Waals surface area contributed by atoms with Crippen LogP contribution in [0.1, 0.15) is 5.69 Å². The monoisotopic (exact) mass is 139 g/mol. The lowest BCUT2D eigenvalue weighted by molar-refractivity contribution is 1.11. The van der Waals surface area contributed by atoms with E-state index >= 15 is 0 Å². The summed E-state index contributed by atoms with van der Waals surface area (Å²) in [6.07, 6.45) is 2.08. The topological polar surface area (TPSA) is 12.9 Å². The molecule has 1 nitrogen and oxygen atoms in total. The summed E-state index contributed by atoms with van der Waals surface area (Å²) in [5.41, 5.74) is 0.749. The predicted octanol–water partition coefficient (Wildman–Crippen LogP) is 1.99. The van der Waals surface area contributed by atoms with E-state index in [0.29, 0.717) is 11.4 Å². The Hall–Kier alpha value is -0.560. The zero-order chi connectivity index (χ0) is 6.69. The van der Waals surface area contributed by atoms with Gasteiger partial charge in [-0.15, -0.1) is 0 Å². The molecule has 9 heavy (non-hydrogen) atoms. The summed E-state index contributed by atoms with van der Waals surface area (Å²) in [6.45, 7) is 5.30. The summed E-state index contributed by atoms with van der Waals surface area (Å²) in [4.78, 5) is 3.94. The number of pyridine rings is 1. The van der Waals surface area contributed by atoms with Crippen LogP contribution in [0, 0.1) is 6.92 Å². The molecule has 0 fully saturated rings. The second-order valence-corrected chi connectivity index (χ2v) is 2.04. The normalized spacial score (nSPS) is 9.56. The number of hydrogen-bond donors (Lipinski definition) is 0. The Labute approximate surface area is 59.7 Å². The van der Waals surface area contributed by atoms with E-state index in [1.807, 2.05) is 0 Å². The highest BCUT2D eigenvalue weighted by atomic mass is 35.5. The van der Waals surface area contributed by atoms with E-state index in [-0.39, 0.29) is 0 Å². The van der Waals surface area contributed by atoms with Gasteiger partial charge in [0, 0.05) is 6.20 Å².